The number of benzene rings is 1. The number of rotatable bonds is 8. The largest absolute Gasteiger partial charge is 0.384 e. The first-order valence-corrected chi connectivity index (χ1v) is 12.1. The standard InChI is InChI=1S/C17H22N8O4S2/c1-10(6-18)7-24-31(28,29)13-4-3-12(11-2-5-14(19)21-8-11)15(16(13)30(20,26)27)17-22-9-23-25-17/h2-5,8,10,24H,6-7,9,18H2,1H3,(H2,19,21)(H2,20,26,27)/t10-/m1/s1. The molecule has 0 unspecified atom stereocenters. The molecular formula is C17H22N8O4S2. The van der Waals surface area contributed by atoms with Crippen LogP contribution in [0, 0.1) is 5.92 Å². The molecule has 0 spiro atoms. The number of anilines is 1. The number of nitrogens with two attached hydrogens (primary N) is 3. The quantitative estimate of drug-likeness (QED) is 0.418. The van der Waals surface area contributed by atoms with Crippen LogP contribution in [0.4, 0.5) is 5.82 Å². The first-order valence-electron chi connectivity index (χ1n) is 9.08. The molecule has 0 bridgehead atoms. The minimum atomic E-state index is -4.54. The average Bonchev–Trinajstić information content (AvgIpc) is 3.25. The summed E-state index contributed by atoms with van der Waals surface area (Å²) in [5.41, 5.74) is 11.9. The van der Waals surface area contributed by atoms with E-state index >= 15 is 0 Å². The highest BCUT2D eigenvalue weighted by Gasteiger charge is 2.32. The molecule has 0 saturated carbocycles. The van der Waals surface area contributed by atoms with Crippen LogP contribution in [-0.2, 0) is 20.0 Å². The lowest BCUT2D eigenvalue weighted by Crippen LogP contribution is -2.33. The molecule has 1 aromatic heterocycles. The third-order valence-corrected chi connectivity index (χ3v) is 7.08. The van der Waals surface area contributed by atoms with E-state index in [1.54, 1.807) is 13.0 Å². The zero-order valence-electron chi connectivity index (χ0n) is 16.6. The van der Waals surface area contributed by atoms with Crippen LogP contribution in [0.1, 0.15) is 12.5 Å². The Labute approximate surface area is 179 Å². The molecule has 0 radical (unpaired) electrons. The monoisotopic (exact) mass is 466 g/mol. The van der Waals surface area contributed by atoms with E-state index in [2.05, 4.69) is 24.9 Å². The molecule has 2 heterocycles. The van der Waals surface area contributed by atoms with Gasteiger partial charge in [0, 0.05) is 18.3 Å². The Morgan fingerprint density at radius 3 is 2.45 bits per heavy atom. The van der Waals surface area contributed by atoms with Gasteiger partial charge in [-0.3, -0.25) is 0 Å². The fourth-order valence-electron chi connectivity index (χ4n) is 2.86. The van der Waals surface area contributed by atoms with Gasteiger partial charge in [-0.1, -0.05) is 13.0 Å². The molecule has 3 rings (SSSR count). The highest BCUT2D eigenvalue weighted by atomic mass is 32.2. The van der Waals surface area contributed by atoms with Crippen LogP contribution < -0.4 is 21.3 Å². The molecule has 0 fully saturated rings. The summed E-state index contributed by atoms with van der Waals surface area (Å²) in [6.45, 7) is 1.99. The van der Waals surface area contributed by atoms with Gasteiger partial charge in [-0.15, -0.1) is 5.11 Å². The predicted molar refractivity (Wildman–Crippen MR) is 115 cm³/mol. The number of nitrogen functional groups attached to an aromatic ring is 1. The normalized spacial score (nSPS) is 15.1. The van der Waals surface area contributed by atoms with Gasteiger partial charge in [0.2, 0.25) is 20.0 Å². The molecule has 0 aliphatic carbocycles. The zero-order valence-corrected chi connectivity index (χ0v) is 18.2. The molecule has 166 valence electrons. The number of sulfonamides is 2. The third kappa shape index (κ3) is 4.94. The number of nitrogens with zero attached hydrogens (tertiary/aromatic N) is 4. The van der Waals surface area contributed by atoms with Crippen molar-refractivity contribution in [2.75, 3.05) is 25.5 Å². The lowest BCUT2D eigenvalue weighted by atomic mass is 10.00. The summed E-state index contributed by atoms with van der Waals surface area (Å²) in [5.74, 6) is 0.0378. The summed E-state index contributed by atoms with van der Waals surface area (Å²) in [4.78, 5) is 6.93. The van der Waals surface area contributed by atoms with E-state index in [0.717, 1.165) is 6.07 Å². The number of aromatic nitrogens is 1. The molecule has 0 saturated heterocycles. The van der Waals surface area contributed by atoms with E-state index in [1.165, 1.54) is 18.3 Å². The second kappa shape index (κ2) is 8.76. The summed E-state index contributed by atoms with van der Waals surface area (Å²) in [6.07, 6.45) is 1.42. The third-order valence-electron chi connectivity index (χ3n) is 4.49. The topological polar surface area (TPSA) is 208 Å². The highest BCUT2D eigenvalue weighted by Crippen LogP contribution is 2.34. The second-order valence-electron chi connectivity index (χ2n) is 6.89. The molecule has 1 aromatic carbocycles. The molecule has 0 amide bonds. The van der Waals surface area contributed by atoms with Crippen molar-refractivity contribution in [3.8, 4) is 11.1 Å². The van der Waals surface area contributed by atoms with Crippen molar-refractivity contribution in [3.05, 3.63) is 36.0 Å². The van der Waals surface area contributed by atoms with Crippen molar-refractivity contribution < 1.29 is 16.8 Å². The van der Waals surface area contributed by atoms with E-state index in [9.17, 15) is 16.8 Å². The number of aliphatic imine (C=N–C) groups is 1. The molecule has 2 aromatic rings. The van der Waals surface area contributed by atoms with Gasteiger partial charge >= 0.3 is 0 Å². The van der Waals surface area contributed by atoms with Gasteiger partial charge in [-0.2, -0.15) is 5.11 Å². The lowest BCUT2D eigenvalue weighted by molar-refractivity contribution is 0.542. The number of primary sulfonamides is 1. The maximum absolute atomic E-state index is 13.0. The van der Waals surface area contributed by atoms with Crippen LogP contribution in [0.5, 0.6) is 0 Å². The van der Waals surface area contributed by atoms with Crippen molar-refractivity contribution in [2.24, 2.45) is 32.0 Å². The number of hydrogen-bond acceptors (Lipinski definition) is 10. The fourth-order valence-corrected chi connectivity index (χ4v) is 5.62. The van der Waals surface area contributed by atoms with Gasteiger partial charge in [0.25, 0.3) is 0 Å². The Balaban J connectivity index is 2.31. The molecule has 1 aliphatic heterocycles. The highest BCUT2D eigenvalue weighted by molar-refractivity contribution is 7.92. The molecule has 14 heteroatoms. The Hall–Kier alpha value is -2.78. The SMILES string of the molecule is C[C@H](CN)CNS(=O)(=O)c1ccc(-c2ccc(N)nc2)c(C2=NCN=N2)c1S(N)(=O)=O. The van der Waals surface area contributed by atoms with Gasteiger partial charge < -0.3 is 11.5 Å². The number of nitrogens with one attached hydrogen (secondary N) is 1. The average molecular weight is 467 g/mol. The number of pyridine rings is 1. The first kappa shape index (κ1) is 22.9. The van der Waals surface area contributed by atoms with E-state index < -0.39 is 29.8 Å². The zero-order chi connectivity index (χ0) is 22.8. The van der Waals surface area contributed by atoms with Gasteiger partial charge in [0.1, 0.15) is 15.6 Å². The number of azo groups is 1. The predicted octanol–water partition coefficient (Wildman–Crippen LogP) is 0.0212. The molecule has 1 aliphatic rings. The summed E-state index contributed by atoms with van der Waals surface area (Å²) in [7, 11) is -8.80. The lowest BCUT2D eigenvalue weighted by Gasteiger charge is -2.18. The Morgan fingerprint density at radius 1 is 1.16 bits per heavy atom. The molecule has 7 N–H and O–H groups in total. The Bertz CT molecular complexity index is 1260. The number of hydrogen-bond donors (Lipinski definition) is 4. The fraction of sp³-hybridized carbons (Fsp3) is 0.294. The van der Waals surface area contributed by atoms with Gasteiger partial charge in [-0.05, 0) is 36.2 Å². The van der Waals surface area contributed by atoms with Crippen LogP contribution in [0.25, 0.3) is 11.1 Å². The van der Waals surface area contributed by atoms with Gasteiger partial charge in [0.05, 0.1) is 5.56 Å². The van der Waals surface area contributed by atoms with Crippen LogP contribution in [0.3, 0.4) is 0 Å². The summed E-state index contributed by atoms with van der Waals surface area (Å²) in [6, 6.07) is 5.73. The second-order valence-corrected chi connectivity index (χ2v) is 10.1. The molecular weight excluding hydrogens is 444 g/mol. The van der Waals surface area contributed by atoms with E-state index in [-0.39, 0.29) is 42.9 Å². The molecule has 1 atom stereocenters. The maximum atomic E-state index is 13.0. The van der Waals surface area contributed by atoms with Crippen molar-refractivity contribution in [1.82, 2.24) is 9.71 Å². The number of amidine groups is 1. The van der Waals surface area contributed by atoms with E-state index in [0.29, 0.717) is 11.1 Å². The van der Waals surface area contributed by atoms with Crippen molar-refractivity contribution in [2.45, 2.75) is 16.7 Å². The first-order chi connectivity index (χ1) is 14.5. The smallest absolute Gasteiger partial charge is 0.241 e. The maximum Gasteiger partial charge on any atom is 0.241 e. The van der Waals surface area contributed by atoms with Crippen molar-refractivity contribution >= 4 is 31.7 Å². The summed E-state index contributed by atoms with van der Waals surface area (Å²) >= 11 is 0. The van der Waals surface area contributed by atoms with Crippen LogP contribution in [-0.4, -0.2) is 47.4 Å². The molecule has 31 heavy (non-hydrogen) atoms. The van der Waals surface area contributed by atoms with Gasteiger partial charge in [0.15, 0.2) is 12.5 Å². The Morgan fingerprint density at radius 2 is 1.90 bits per heavy atom. The van der Waals surface area contributed by atoms with Crippen LogP contribution in [0.2, 0.25) is 0 Å². The van der Waals surface area contributed by atoms with E-state index in [1.807, 2.05) is 0 Å². The minimum Gasteiger partial charge on any atom is -0.384 e. The summed E-state index contributed by atoms with van der Waals surface area (Å²) < 4.78 is 53.6. The molecule has 12 nitrogen and oxygen atoms in total. The van der Waals surface area contributed by atoms with Crippen molar-refractivity contribution in [3.63, 3.8) is 0 Å². The van der Waals surface area contributed by atoms with Crippen molar-refractivity contribution in [1.29, 1.82) is 0 Å². The summed E-state index contributed by atoms with van der Waals surface area (Å²) in [5, 5.41) is 13.1. The van der Waals surface area contributed by atoms with Crippen LogP contribution >= 0.6 is 0 Å². The Kier molecular flexibility index (Phi) is 6.47. The van der Waals surface area contributed by atoms with E-state index in [4.69, 9.17) is 16.6 Å². The van der Waals surface area contributed by atoms with Crippen LogP contribution in [0.15, 0.2) is 55.5 Å². The minimum absolute atomic E-state index is 0.0164. The van der Waals surface area contributed by atoms with Gasteiger partial charge in [-0.25, -0.2) is 36.7 Å².